The zero-order chi connectivity index (χ0) is 17.4. The van der Waals surface area contributed by atoms with Gasteiger partial charge in [0.1, 0.15) is 5.52 Å². The maximum Gasteiger partial charge on any atom is 0.255 e. The number of carbonyl (C=O) groups is 1. The van der Waals surface area contributed by atoms with Crippen LogP contribution in [0.1, 0.15) is 53.2 Å². The number of rotatable bonds is 3. The Morgan fingerprint density at radius 3 is 2.64 bits per heavy atom. The Labute approximate surface area is 147 Å². The smallest absolute Gasteiger partial charge is 0.255 e. The van der Waals surface area contributed by atoms with E-state index in [0.29, 0.717) is 11.6 Å². The molecule has 0 unspecified atom stereocenters. The fraction of sp³-hybridized carbons (Fsp3) is 0.350. The van der Waals surface area contributed by atoms with Gasteiger partial charge >= 0.3 is 0 Å². The Kier molecular flexibility index (Phi) is 3.99. The second-order valence-corrected chi connectivity index (χ2v) is 6.93. The molecule has 5 heteroatoms. The minimum atomic E-state index is -0.124. The third-order valence-electron chi connectivity index (χ3n) is 5.17. The van der Waals surface area contributed by atoms with Gasteiger partial charge in [-0.3, -0.25) is 4.79 Å². The van der Waals surface area contributed by atoms with Crippen LogP contribution >= 0.6 is 0 Å². The van der Waals surface area contributed by atoms with E-state index < -0.39 is 0 Å². The standard InChI is InChI=1S/C20H22N4O/c1-13-7-9-16(11-14(13)2)21-20(25)15-8-10-19-18(12-15)22-23-24(19)17-5-3-4-6-17/h7-12,17H,3-6H2,1-2H3,(H,21,25). The SMILES string of the molecule is Cc1ccc(NC(=O)c2ccc3c(c2)nnn3C2CCCC2)cc1C. The van der Waals surface area contributed by atoms with Crippen LogP contribution < -0.4 is 5.32 Å². The van der Waals surface area contributed by atoms with Crippen LogP contribution in [0.2, 0.25) is 0 Å². The minimum absolute atomic E-state index is 0.124. The van der Waals surface area contributed by atoms with E-state index in [9.17, 15) is 4.79 Å². The predicted octanol–water partition coefficient (Wildman–Crippen LogP) is 4.42. The van der Waals surface area contributed by atoms with Crippen molar-refractivity contribution in [2.24, 2.45) is 0 Å². The van der Waals surface area contributed by atoms with Crippen molar-refractivity contribution in [3.8, 4) is 0 Å². The lowest BCUT2D eigenvalue weighted by atomic mass is 10.1. The summed E-state index contributed by atoms with van der Waals surface area (Å²) in [6.07, 6.45) is 4.83. The van der Waals surface area contributed by atoms with Crippen molar-refractivity contribution in [2.75, 3.05) is 5.32 Å². The molecule has 4 rings (SSSR count). The molecular formula is C20H22N4O. The predicted molar refractivity (Wildman–Crippen MR) is 98.9 cm³/mol. The van der Waals surface area contributed by atoms with E-state index in [1.807, 2.05) is 48.0 Å². The molecule has 2 aromatic carbocycles. The highest BCUT2D eigenvalue weighted by Gasteiger charge is 2.20. The average Bonchev–Trinajstić information content (AvgIpc) is 3.26. The van der Waals surface area contributed by atoms with Crippen LogP contribution in [-0.4, -0.2) is 20.9 Å². The molecule has 0 spiro atoms. The molecule has 0 bridgehead atoms. The Balaban J connectivity index is 1.58. The summed E-state index contributed by atoms with van der Waals surface area (Å²) in [6.45, 7) is 4.10. The van der Waals surface area contributed by atoms with Crippen LogP contribution in [0, 0.1) is 13.8 Å². The van der Waals surface area contributed by atoms with Crippen LogP contribution in [0.25, 0.3) is 11.0 Å². The Morgan fingerprint density at radius 1 is 1.08 bits per heavy atom. The van der Waals surface area contributed by atoms with Gasteiger partial charge in [0.25, 0.3) is 5.91 Å². The van der Waals surface area contributed by atoms with Gasteiger partial charge in [-0.15, -0.1) is 5.10 Å². The number of benzene rings is 2. The largest absolute Gasteiger partial charge is 0.322 e. The molecule has 0 saturated heterocycles. The molecule has 1 aliphatic rings. The van der Waals surface area contributed by atoms with E-state index in [1.165, 1.54) is 18.4 Å². The van der Waals surface area contributed by atoms with E-state index in [0.717, 1.165) is 35.1 Å². The summed E-state index contributed by atoms with van der Waals surface area (Å²) >= 11 is 0. The first-order valence-corrected chi connectivity index (χ1v) is 8.85. The second kappa shape index (κ2) is 6.31. The van der Waals surface area contributed by atoms with Gasteiger partial charge in [0.05, 0.1) is 11.6 Å². The number of aryl methyl sites for hydroxylation is 2. The molecule has 3 aromatic rings. The maximum atomic E-state index is 12.6. The lowest BCUT2D eigenvalue weighted by Crippen LogP contribution is -2.12. The number of nitrogens with zero attached hydrogens (tertiary/aromatic N) is 3. The summed E-state index contributed by atoms with van der Waals surface area (Å²) in [5, 5.41) is 11.5. The quantitative estimate of drug-likeness (QED) is 0.771. The number of hydrogen-bond acceptors (Lipinski definition) is 3. The molecule has 1 saturated carbocycles. The monoisotopic (exact) mass is 334 g/mol. The molecule has 1 N–H and O–H groups in total. The molecule has 1 amide bonds. The van der Waals surface area contributed by atoms with Crippen molar-refractivity contribution in [3.05, 3.63) is 53.1 Å². The molecule has 0 radical (unpaired) electrons. The fourth-order valence-electron chi connectivity index (χ4n) is 3.52. The molecule has 128 valence electrons. The Bertz CT molecular complexity index is 938. The lowest BCUT2D eigenvalue weighted by Gasteiger charge is -2.10. The topological polar surface area (TPSA) is 59.8 Å². The molecule has 1 aliphatic carbocycles. The first-order chi connectivity index (χ1) is 12.1. The summed E-state index contributed by atoms with van der Waals surface area (Å²) in [4.78, 5) is 12.6. The number of nitrogens with one attached hydrogen (secondary N) is 1. The molecule has 1 heterocycles. The highest BCUT2D eigenvalue weighted by atomic mass is 16.1. The molecule has 25 heavy (non-hydrogen) atoms. The summed E-state index contributed by atoms with van der Waals surface area (Å²) in [5.41, 5.74) is 5.57. The van der Waals surface area contributed by atoms with Crippen molar-refractivity contribution < 1.29 is 4.79 Å². The Morgan fingerprint density at radius 2 is 1.88 bits per heavy atom. The number of carbonyl (C=O) groups excluding carboxylic acids is 1. The van der Waals surface area contributed by atoms with Crippen LogP contribution in [0.3, 0.4) is 0 Å². The van der Waals surface area contributed by atoms with Crippen molar-refractivity contribution >= 4 is 22.6 Å². The van der Waals surface area contributed by atoms with Gasteiger partial charge in [-0.2, -0.15) is 0 Å². The van der Waals surface area contributed by atoms with Gasteiger partial charge in [0, 0.05) is 11.3 Å². The van der Waals surface area contributed by atoms with Gasteiger partial charge in [0.15, 0.2) is 0 Å². The zero-order valence-electron chi connectivity index (χ0n) is 14.6. The van der Waals surface area contributed by atoms with E-state index in [-0.39, 0.29) is 5.91 Å². The maximum absolute atomic E-state index is 12.6. The van der Waals surface area contributed by atoms with Crippen LogP contribution in [0.4, 0.5) is 5.69 Å². The minimum Gasteiger partial charge on any atom is -0.322 e. The number of anilines is 1. The van der Waals surface area contributed by atoms with E-state index in [1.54, 1.807) is 0 Å². The van der Waals surface area contributed by atoms with Crippen molar-refractivity contribution in [1.29, 1.82) is 0 Å². The number of fused-ring (bicyclic) bond motifs is 1. The Hall–Kier alpha value is -2.69. The molecular weight excluding hydrogens is 312 g/mol. The van der Waals surface area contributed by atoms with Gasteiger partial charge in [-0.25, -0.2) is 4.68 Å². The first-order valence-electron chi connectivity index (χ1n) is 8.85. The van der Waals surface area contributed by atoms with Gasteiger partial charge in [0.2, 0.25) is 0 Å². The van der Waals surface area contributed by atoms with E-state index >= 15 is 0 Å². The molecule has 1 fully saturated rings. The van der Waals surface area contributed by atoms with Crippen molar-refractivity contribution in [1.82, 2.24) is 15.0 Å². The first kappa shape index (κ1) is 15.8. The van der Waals surface area contributed by atoms with Crippen LogP contribution in [-0.2, 0) is 0 Å². The summed E-state index contributed by atoms with van der Waals surface area (Å²) in [5.74, 6) is -0.124. The highest BCUT2D eigenvalue weighted by Crippen LogP contribution is 2.31. The summed E-state index contributed by atoms with van der Waals surface area (Å²) in [6, 6.07) is 12.0. The number of amides is 1. The normalized spacial score (nSPS) is 15.0. The van der Waals surface area contributed by atoms with E-state index in [4.69, 9.17) is 0 Å². The third kappa shape index (κ3) is 3.02. The zero-order valence-corrected chi connectivity index (χ0v) is 14.6. The highest BCUT2D eigenvalue weighted by molar-refractivity contribution is 6.05. The third-order valence-corrected chi connectivity index (χ3v) is 5.17. The van der Waals surface area contributed by atoms with Gasteiger partial charge < -0.3 is 5.32 Å². The van der Waals surface area contributed by atoms with E-state index in [2.05, 4.69) is 22.6 Å². The average molecular weight is 334 g/mol. The van der Waals surface area contributed by atoms with Crippen LogP contribution in [0.15, 0.2) is 36.4 Å². The molecule has 0 aliphatic heterocycles. The fourth-order valence-corrected chi connectivity index (χ4v) is 3.52. The van der Waals surface area contributed by atoms with Crippen LogP contribution in [0.5, 0.6) is 0 Å². The van der Waals surface area contributed by atoms with Crippen molar-refractivity contribution in [3.63, 3.8) is 0 Å². The van der Waals surface area contributed by atoms with Crippen molar-refractivity contribution in [2.45, 2.75) is 45.6 Å². The number of aromatic nitrogens is 3. The summed E-state index contributed by atoms with van der Waals surface area (Å²) < 4.78 is 2.02. The second-order valence-electron chi connectivity index (χ2n) is 6.93. The molecule has 5 nitrogen and oxygen atoms in total. The van der Waals surface area contributed by atoms with Gasteiger partial charge in [-0.05, 0) is 68.1 Å². The number of hydrogen-bond donors (Lipinski definition) is 1. The summed E-state index contributed by atoms with van der Waals surface area (Å²) in [7, 11) is 0. The molecule has 1 aromatic heterocycles. The van der Waals surface area contributed by atoms with Gasteiger partial charge in [-0.1, -0.05) is 24.1 Å². The molecule has 0 atom stereocenters. The lowest BCUT2D eigenvalue weighted by molar-refractivity contribution is 0.102.